The Morgan fingerprint density at radius 3 is 2.47 bits per heavy atom. The molecule has 5 nitrogen and oxygen atoms in total. The Labute approximate surface area is 109 Å². The lowest BCUT2D eigenvalue weighted by Crippen LogP contribution is -2.10. The molecule has 1 amide bonds. The van der Waals surface area contributed by atoms with Crippen LogP contribution in [0.15, 0.2) is 53.2 Å². The molecule has 0 unspecified atom stereocenters. The summed E-state index contributed by atoms with van der Waals surface area (Å²) in [5.41, 5.74) is 1.34. The number of amides is 1. The number of nitrogens with one attached hydrogen (secondary N) is 1. The first kappa shape index (κ1) is 12.6. The zero-order chi connectivity index (χ0) is 13.7. The van der Waals surface area contributed by atoms with Gasteiger partial charge < -0.3 is 14.8 Å². The number of carboxylic acid groups (broad SMARTS) is 1. The second-order valence-electron chi connectivity index (χ2n) is 3.73. The molecule has 0 aliphatic carbocycles. The molecule has 0 aliphatic rings. The maximum atomic E-state index is 11.7. The molecule has 2 rings (SSSR count). The van der Waals surface area contributed by atoms with Gasteiger partial charge in [0, 0.05) is 11.8 Å². The van der Waals surface area contributed by atoms with Crippen LogP contribution in [0.4, 0.5) is 5.69 Å². The highest BCUT2D eigenvalue weighted by Gasteiger charge is 2.07. The Hall–Kier alpha value is -2.82. The van der Waals surface area contributed by atoms with E-state index in [-0.39, 0.29) is 11.7 Å². The molecule has 5 heteroatoms. The maximum absolute atomic E-state index is 11.7. The number of hydrogen-bond acceptors (Lipinski definition) is 3. The molecule has 2 N–H and O–H groups in total. The minimum absolute atomic E-state index is 0.231. The van der Waals surface area contributed by atoms with Crippen molar-refractivity contribution in [2.45, 2.75) is 0 Å². The summed E-state index contributed by atoms with van der Waals surface area (Å²) >= 11 is 0. The number of benzene rings is 1. The Kier molecular flexibility index (Phi) is 3.78. The number of furan rings is 1. The lowest BCUT2D eigenvalue weighted by atomic mass is 10.2. The highest BCUT2D eigenvalue weighted by molar-refractivity contribution is 6.02. The van der Waals surface area contributed by atoms with E-state index in [0.717, 1.165) is 11.6 Å². The van der Waals surface area contributed by atoms with Crippen LogP contribution in [0.25, 0.3) is 6.08 Å². The normalized spacial score (nSPS) is 10.5. The number of hydrogen-bond donors (Lipinski definition) is 2. The van der Waals surface area contributed by atoms with Crippen molar-refractivity contribution in [3.63, 3.8) is 0 Å². The maximum Gasteiger partial charge on any atom is 0.328 e. The number of carbonyl (C=O) groups is 2. The van der Waals surface area contributed by atoms with Gasteiger partial charge in [-0.15, -0.1) is 0 Å². The van der Waals surface area contributed by atoms with Gasteiger partial charge in [0.25, 0.3) is 5.91 Å². The average molecular weight is 257 g/mol. The predicted octanol–water partition coefficient (Wildman–Crippen LogP) is 2.63. The smallest absolute Gasteiger partial charge is 0.328 e. The predicted molar refractivity (Wildman–Crippen MR) is 69.8 cm³/mol. The van der Waals surface area contributed by atoms with Crippen molar-refractivity contribution in [3.05, 3.63) is 60.1 Å². The Balaban J connectivity index is 2.03. The van der Waals surface area contributed by atoms with Crippen molar-refractivity contribution < 1.29 is 19.1 Å². The van der Waals surface area contributed by atoms with Crippen LogP contribution in [0.5, 0.6) is 0 Å². The summed E-state index contributed by atoms with van der Waals surface area (Å²) in [6, 6.07) is 9.98. The third kappa shape index (κ3) is 3.57. The van der Waals surface area contributed by atoms with Crippen LogP contribution in [0.1, 0.15) is 16.1 Å². The molecule has 0 saturated heterocycles. The van der Waals surface area contributed by atoms with Crippen LogP contribution in [0.3, 0.4) is 0 Å². The van der Waals surface area contributed by atoms with Crippen LogP contribution < -0.4 is 5.32 Å². The van der Waals surface area contributed by atoms with Gasteiger partial charge in [-0.1, -0.05) is 12.1 Å². The van der Waals surface area contributed by atoms with E-state index >= 15 is 0 Å². The van der Waals surface area contributed by atoms with E-state index in [1.807, 2.05) is 0 Å². The third-order valence-corrected chi connectivity index (χ3v) is 2.33. The molecular weight excluding hydrogens is 246 g/mol. The molecule has 19 heavy (non-hydrogen) atoms. The van der Waals surface area contributed by atoms with Crippen molar-refractivity contribution >= 4 is 23.6 Å². The summed E-state index contributed by atoms with van der Waals surface area (Å²) in [5, 5.41) is 11.2. The van der Waals surface area contributed by atoms with Gasteiger partial charge in [-0.2, -0.15) is 0 Å². The standard InChI is InChI=1S/C14H11NO4/c16-13(17)8-5-10-3-6-11(7-4-10)15-14(18)12-2-1-9-19-12/h1-9H,(H,15,18)(H,16,17)/b8-5+. The molecule has 0 fully saturated rings. The van der Waals surface area contributed by atoms with Crippen LogP contribution >= 0.6 is 0 Å². The molecule has 2 aromatic rings. The molecule has 1 heterocycles. The lowest BCUT2D eigenvalue weighted by molar-refractivity contribution is -0.131. The van der Waals surface area contributed by atoms with E-state index in [2.05, 4.69) is 5.32 Å². The summed E-state index contributed by atoms with van der Waals surface area (Å²) in [6.45, 7) is 0. The van der Waals surface area contributed by atoms with E-state index in [0.29, 0.717) is 5.69 Å². The first-order chi connectivity index (χ1) is 9.15. The fourth-order valence-corrected chi connectivity index (χ4v) is 1.45. The summed E-state index contributed by atoms with van der Waals surface area (Å²) in [6.07, 6.45) is 3.95. The van der Waals surface area contributed by atoms with Gasteiger partial charge >= 0.3 is 5.97 Å². The van der Waals surface area contributed by atoms with Crippen molar-refractivity contribution in [2.24, 2.45) is 0 Å². The van der Waals surface area contributed by atoms with E-state index in [4.69, 9.17) is 9.52 Å². The number of carbonyl (C=O) groups excluding carboxylic acids is 1. The fourth-order valence-electron chi connectivity index (χ4n) is 1.45. The third-order valence-electron chi connectivity index (χ3n) is 2.33. The Morgan fingerprint density at radius 1 is 1.16 bits per heavy atom. The largest absolute Gasteiger partial charge is 0.478 e. The molecule has 0 saturated carbocycles. The van der Waals surface area contributed by atoms with Gasteiger partial charge in [-0.25, -0.2) is 4.79 Å². The average Bonchev–Trinajstić information content (AvgIpc) is 2.92. The Bertz CT molecular complexity index is 597. The van der Waals surface area contributed by atoms with E-state index < -0.39 is 5.97 Å². The van der Waals surface area contributed by atoms with Crippen molar-refractivity contribution in [1.82, 2.24) is 0 Å². The molecule has 0 radical (unpaired) electrons. The second kappa shape index (κ2) is 5.68. The zero-order valence-electron chi connectivity index (χ0n) is 9.87. The number of carboxylic acids is 1. The number of rotatable bonds is 4. The quantitative estimate of drug-likeness (QED) is 0.825. The molecule has 0 bridgehead atoms. The molecule has 0 atom stereocenters. The van der Waals surface area contributed by atoms with E-state index in [1.165, 1.54) is 12.3 Å². The van der Waals surface area contributed by atoms with E-state index in [1.54, 1.807) is 36.4 Å². The zero-order valence-corrected chi connectivity index (χ0v) is 9.87. The molecule has 1 aromatic heterocycles. The molecule has 1 aromatic carbocycles. The van der Waals surface area contributed by atoms with Gasteiger partial charge in [0.05, 0.1) is 6.26 Å². The van der Waals surface area contributed by atoms with Crippen molar-refractivity contribution in [2.75, 3.05) is 5.32 Å². The van der Waals surface area contributed by atoms with Crippen molar-refractivity contribution in [3.8, 4) is 0 Å². The van der Waals surface area contributed by atoms with Gasteiger partial charge in [0.2, 0.25) is 0 Å². The van der Waals surface area contributed by atoms with E-state index in [9.17, 15) is 9.59 Å². The van der Waals surface area contributed by atoms with Gasteiger partial charge in [-0.05, 0) is 35.9 Å². The minimum atomic E-state index is -1.00. The highest BCUT2D eigenvalue weighted by Crippen LogP contribution is 2.12. The van der Waals surface area contributed by atoms with Crippen molar-refractivity contribution in [1.29, 1.82) is 0 Å². The monoisotopic (exact) mass is 257 g/mol. The lowest BCUT2D eigenvalue weighted by Gasteiger charge is -2.03. The summed E-state index contributed by atoms with van der Waals surface area (Å²) in [5.74, 6) is -1.11. The van der Waals surface area contributed by atoms with Crippen LogP contribution in [0.2, 0.25) is 0 Å². The number of anilines is 1. The topological polar surface area (TPSA) is 79.5 Å². The summed E-state index contributed by atoms with van der Waals surface area (Å²) in [7, 11) is 0. The van der Waals surface area contributed by atoms with Crippen LogP contribution in [0, 0.1) is 0 Å². The fraction of sp³-hybridized carbons (Fsp3) is 0. The second-order valence-corrected chi connectivity index (χ2v) is 3.73. The molecule has 0 spiro atoms. The molecule has 96 valence electrons. The summed E-state index contributed by atoms with van der Waals surface area (Å²) in [4.78, 5) is 22.0. The number of aliphatic carboxylic acids is 1. The summed E-state index contributed by atoms with van der Waals surface area (Å²) < 4.78 is 4.97. The van der Waals surface area contributed by atoms with Gasteiger partial charge in [0.15, 0.2) is 5.76 Å². The van der Waals surface area contributed by atoms with Gasteiger partial charge in [-0.3, -0.25) is 4.79 Å². The Morgan fingerprint density at radius 2 is 1.89 bits per heavy atom. The van der Waals surface area contributed by atoms with Crippen LogP contribution in [-0.4, -0.2) is 17.0 Å². The van der Waals surface area contributed by atoms with Gasteiger partial charge in [0.1, 0.15) is 0 Å². The molecule has 0 aliphatic heterocycles. The first-order valence-corrected chi connectivity index (χ1v) is 5.51. The molecular formula is C14H11NO4. The first-order valence-electron chi connectivity index (χ1n) is 5.51. The van der Waals surface area contributed by atoms with Crippen LogP contribution in [-0.2, 0) is 4.79 Å². The minimum Gasteiger partial charge on any atom is -0.478 e. The highest BCUT2D eigenvalue weighted by atomic mass is 16.4. The SMILES string of the molecule is O=C(O)/C=C/c1ccc(NC(=O)c2ccco2)cc1.